The van der Waals surface area contributed by atoms with Crippen LogP contribution in [0, 0.1) is 13.8 Å². The van der Waals surface area contributed by atoms with Crippen molar-refractivity contribution in [3.63, 3.8) is 0 Å². The number of amides is 1. The van der Waals surface area contributed by atoms with Crippen LogP contribution in [0.2, 0.25) is 0 Å². The fraction of sp³-hybridized carbons (Fsp3) is 0.368. The fourth-order valence-electron chi connectivity index (χ4n) is 3.38. The van der Waals surface area contributed by atoms with Gasteiger partial charge in [-0.3, -0.25) is 14.3 Å². The molecule has 1 amide bonds. The summed E-state index contributed by atoms with van der Waals surface area (Å²) < 4.78 is 3.11. The third-order valence-electron chi connectivity index (χ3n) is 4.60. The van der Waals surface area contributed by atoms with Crippen molar-refractivity contribution in [2.24, 2.45) is 0 Å². The molecule has 136 valence electrons. The van der Waals surface area contributed by atoms with Crippen molar-refractivity contribution in [2.45, 2.75) is 46.8 Å². The number of nitrogens with one attached hydrogen (secondary N) is 1. The van der Waals surface area contributed by atoms with Gasteiger partial charge in [-0.1, -0.05) is 18.2 Å². The molecule has 0 radical (unpaired) electrons. The average molecular weight is 353 g/mol. The van der Waals surface area contributed by atoms with Crippen LogP contribution in [-0.4, -0.2) is 25.5 Å². The van der Waals surface area contributed by atoms with Crippen LogP contribution in [0.25, 0.3) is 10.8 Å². The molecule has 0 saturated carbocycles. The van der Waals surface area contributed by atoms with Crippen LogP contribution in [0.5, 0.6) is 0 Å². The highest BCUT2D eigenvalue weighted by atomic mass is 16.2. The molecule has 1 atom stereocenters. The van der Waals surface area contributed by atoms with E-state index < -0.39 is 0 Å². The second-order valence-corrected chi connectivity index (χ2v) is 6.38. The molecule has 2 aromatic heterocycles. The Kier molecular flexibility index (Phi) is 4.88. The molecule has 26 heavy (non-hydrogen) atoms. The maximum absolute atomic E-state index is 12.5. The molecule has 7 heteroatoms. The Labute approximate surface area is 151 Å². The Morgan fingerprint density at radius 1 is 1.23 bits per heavy atom. The van der Waals surface area contributed by atoms with E-state index in [0.29, 0.717) is 5.39 Å². The first-order valence-electron chi connectivity index (χ1n) is 8.70. The van der Waals surface area contributed by atoms with Crippen molar-refractivity contribution in [1.82, 2.24) is 24.9 Å². The predicted octanol–water partition coefficient (Wildman–Crippen LogP) is 2.11. The molecule has 0 aliphatic rings. The third-order valence-corrected chi connectivity index (χ3v) is 4.60. The molecular weight excluding hydrogens is 330 g/mol. The molecule has 0 saturated heterocycles. The van der Waals surface area contributed by atoms with Crippen molar-refractivity contribution < 1.29 is 4.79 Å². The number of fused-ring (bicyclic) bond motifs is 1. The largest absolute Gasteiger partial charge is 0.348 e. The zero-order valence-corrected chi connectivity index (χ0v) is 15.5. The van der Waals surface area contributed by atoms with Crippen molar-refractivity contribution in [2.75, 3.05) is 0 Å². The number of benzene rings is 1. The molecule has 0 unspecified atom stereocenters. The summed E-state index contributed by atoms with van der Waals surface area (Å²) in [7, 11) is 0. The Morgan fingerprint density at radius 2 is 1.96 bits per heavy atom. The van der Waals surface area contributed by atoms with Crippen LogP contribution >= 0.6 is 0 Å². The summed E-state index contributed by atoms with van der Waals surface area (Å²) in [6, 6.07) is 7.02. The Morgan fingerprint density at radius 3 is 2.65 bits per heavy atom. The molecule has 2 heterocycles. The summed E-state index contributed by atoms with van der Waals surface area (Å²) in [6.07, 6.45) is 1.60. The van der Waals surface area contributed by atoms with Gasteiger partial charge in [-0.15, -0.1) is 0 Å². The number of carbonyl (C=O) groups excluding carboxylic acids is 1. The van der Waals surface area contributed by atoms with Gasteiger partial charge in [-0.25, -0.2) is 4.68 Å². The van der Waals surface area contributed by atoms with Crippen molar-refractivity contribution in [3.05, 3.63) is 57.8 Å². The lowest BCUT2D eigenvalue weighted by Crippen LogP contribution is -2.35. The van der Waals surface area contributed by atoms with Crippen LogP contribution in [0.3, 0.4) is 0 Å². The monoisotopic (exact) mass is 353 g/mol. The highest BCUT2D eigenvalue weighted by molar-refractivity contribution is 5.81. The van der Waals surface area contributed by atoms with E-state index in [9.17, 15) is 9.59 Å². The summed E-state index contributed by atoms with van der Waals surface area (Å²) in [5.74, 6) is -0.259. The second kappa shape index (κ2) is 7.11. The number of rotatable bonds is 5. The normalized spacial score (nSPS) is 12.3. The molecule has 0 spiro atoms. The summed E-state index contributed by atoms with van der Waals surface area (Å²) in [5.41, 5.74) is 2.69. The first-order valence-corrected chi connectivity index (χ1v) is 8.70. The minimum Gasteiger partial charge on any atom is -0.348 e. The van der Waals surface area contributed by atoms with Gasteiger partial charge in [0, 0.05) is 23.2 Å². The summed E-state index contributed by atoms with van der Waals surface area (Å²) in [6.45, 7) is 8.55. The minimum atomic E-state index is -0.267. The van der Waals surface area contributed by atoms with Gasteiger partial charge in [0.05, 0.1) is 23.3 Å². The first kappa shape index (κ1) is 17.8. The minimum absolute atomic E-state index is 0.117. The summed E-state index contributed by atoms with van der Waals surface area (Å²) in [5, 5.41) is 12.9. The number of hydrogen-bond acceptors (Lipinski definition) is 4. The standard InChI is InChI=1S/C19H23N5O2/c1-5-23-14(4)18(13(3)22-23)12(2)21-17(25)11-24-19(26)16-9-7-6-8-15(16)10-20-24/h6-10,12H,5,11H2,1-4H3,(H,21,25)/t12-/m1/s1. The smallest absolute Gasteiger partial charge is 0.275 e. The van der Waals surface area contributed by atoms with Gasteiger partial charge in [0.25, 0.3) is 5.56 Å². The van der Waals surface area contributed by atoms with E-state index in [4.69, 9.17) is 0 Å². The maximum Gasteiger partial charge on any atom is 0.275 e. The van der Waals surface area contributed by atoms with Crippen molar-refractivity contribution in [1.29, 1.82) is 0 Å². The van der Waals surface area contributed by atoms with Gasteiger partial charge in [0.2, 0.25) is 5.91 Å². The van der Waals surface area contributed by atoms with Crippen molar-refractivity contribution >= 4 is 16.7 Å². The Bertz CT molecular complexity index is 1020. The van der Waals surface area contributed by atoms with Crippen LogP contribution in [-0.2, 0) is 17.9 Å². The number of hydrogen-bond donors (Lipinski definition) is 1. The maximum atomic E-state index is 12.5. The Balaban J connectivity index is 1.78. The lowest BCUT2D eigenvalue weighted by molar-refractivity contribution is -0.122. The SMILES string of the molecule is CCn1nc(C)c([C@@H](C)NC(=O)Cn2ncc3ccccc3c2=O)c1C. The van der Waals surface area contributed by atoms with Gasteiger partial charge in [0.15, 0.2) is 0 Å². The van der Waals surface area contributed by atoms with E-state index >= 15 is 0 Å². The summed E-state index contributed by atoms with van der Waals surface area (Å²) >= 11 is 0. The Hall–Kier alpha value is -2.96. The molecule has 0 bridgehead atoms. The second-order valence-electron chi connectivity index (χ2n) is 6.38. The highest BCUT2D eigenvalue weighted by Gasteiger charge is 2.19. The van der Waals surface area contributed by atoms with Crippen LogP contribution in [0.1, 0.15) is 36.8 Å². The molecule has 1 N–H and O–H groups in total. The zero-order chi connectivity index (χ0) is 18.8. The van der Waals surface area contributed by atoms with Gasteiger partial charge in [-0.05, 0) is 33.8 Å². The lowest BCUT2D eigenvalue weighted by atomic mass is 10.1. The molecule has 0 fully saturated rings. The van der Waals surface area contributed by atoms with Crippen molar-refractivity contribution in [3.8, 4) is 0 Å². The van der Waals surface area contributed by atoms with Gasteiger partial charge >= 0.3 is 0 Å². The average Bonchev–Trinajstić information content (AvgIpc) is 2.91. The molecule has 3 rings (SSSR count). The van der Waals surface area contributed by atoms with E-state index in [1.165, 1.54) is 4.68 Å². The molecule has 3 aromatic rings. The van der Waals surface area contributed by atoms with E-state index in [0.717, 1.165) is 28.9 Å². The molecular formula is C19H23N5O2. The number of aryl methyl sites for hydroxylation is 2. The third kappa shape index (κ3) is 3.24. The van der Waals surface area contributed by atoms with Crippen LogP contribution in [0.4, 0.5) is 0 Å². The molecule has 1 aromatic carbocycles. The van der Waals surface area contributed by atoms with Gasteiger partial charge < -0.3 is 5.32 Å². The highest BCUT2D eigenvalue weighted by Crippen LogP contribution is 2.21. The molecule has 7 nitrogen and oxygen atoms in total. The van der Waals surface area contributed by atoms with Crippen LogP contribution < -0.4 is 10.9 Å². The van der Waals surface area contributed by atoms with Crippen LogP contribution in [0.15, 0.2) is 35.3 Å². The fourth-order valence-corrected chi connectivity index (χ4v) is 3.38. The van der Waals surface area contributed by atoms with E-state index in [-0.39, 0.29) is 24.1 Å². The number of nitrogens with zero attached hydrogens (tertiary/aromatic N) is 4. The van der Waals surface area contributed by atoms with Gasteiger partial charge in [-0.2, -0.15) is 10.2 Å². The summed E-state index contributed by atoms with van der Waals surface area (Å²) in [4.78, 5) is 24.9. The predicted molar refractivity (Wildman–Crippen MR) is 99.9 cm³/mol. The molecule has 0 aliphatic heterocycles. The lowest BCUT2D eigenvalue weighted by Gasteiger charge is -2.15. The zero-order valence-electron chi connectivity index (χ0n) is 15.5. The topological polar surface area (TPSA) is 81.8 Å². The molecule has 0 aliphatic carbocycles. The van der Waals surface area contributed by atoms with E-state index in [1.54, 1.807) is 18.3 Å². The first-order chi connectivity index (χ1) is 12.4. The van der Waals surface area contributed by atoms with E-state index in [2.05, 4.69) is 15.5 Å². The van der Waals surface area contributed by atoms with E-state index in [1.807, 2.05) is 44.5 Å². The number of aromatic nitrogens is 4. The number of carbonyl (C=O) groups is 1. The van der Waals surface area contributed by atoms with Gasteiger partial charge in [0.1, 0.15) is 6.54 Å². The quantitative estimate of drug-likeness (QED) is 0.762.